The molecule has 0 N–H and O–H groups in total. The molecule has 0 amide bonds. The molecule has 7 heteroatoms. The van der Waals surface area contributed by atoms with E-state index in [1.54, 1.807) is 0 Å². The Morgan fingerprint density at radius 2 is 2.04 bits per heavy atom. The highest BCUT2D eigenvalue weighted by Crippen LogP contribution is 2.39. The number of nitrogens with zero attached hydrogens (tertiary/aromatic N) is 3. The highest BCUT2D eigenvalue weighted by molar-refractivity contribution is 5.44. The van der Waals surface area contributed by atoms with Crippen molar-refractivity contribution in [3.05, 3.63) is 35.5 Å². The van der Waals surface area contributed by atoms with Gasteiger partial charge in [-0.05, 0) is 37.0 Å². The van der Waals surface area contributed by atoms with E-state index >= 15 is 0 Å². The van der Waals surface area contributed by atoms with Crippen LogP contribution in [0.15, 0.2) is 22.6 Å². The summed E-state index contributed by atoms with van der Waals surface area (Å²) in [4.78, 5) is 2.51. The van der Waals surface area contributed by atoms with Crippen molar-refractivity contribution in [2.24, 2.45) is 0 Å². The van der Waals surface area contributed by atoms with Crippen LogP contribution in [0.1, 0.15) is 42.7 Å². The first kappa shape index (κ1) is 15.2. The van der Waals surface area contributed by atoms with Crippen LogP contribution in [-0.2, 0) is 11.3 Å². The zero-order chi connectivity index (χ0) is 16.8. The van der Waals surface area contributed by atoms with Crippen LogP contribution in [0.4, 0.5) is 0 Å². The lowest BCUT2D eigenvalue weighted by Crippen LogP contribution is -2.40. The lowest BCUT2D eigenvalue weighted by Gasteiger charge is -2.34. The summed E-state index contributed by atoms with van der Waals surface area (Å²) in [6, 6.07) is 6.65. The van der Waals surface area contributed by atoms with Crippen LogP contribution in [0.3, 0.4) is 0 Å². The van der Waals surface area contributed by atoms with Crippen LogP contribution in [0.5, 0.6) is 11.5 Å². The molecule has 3 aliphatic rings. The number of ether oxygens (including phenoxy) is 3. The SMILES string of the molecule is Cc1nnc([C@@H]2CC[C@@H]3[C@@H](CCN3Cc3ccc4c(c3)OCO4)O2)o1. The maximum absolute atomic E-state index is 6.27. The molecule has 5 rings (SSSR count). The summed E-state index contributed by atoms with van der Waals surface area (Å²) in [7, 11) is 0. The molecular weight excluding hydrogens is 322 g/mol. The largest absolute Gasteiger partial charge is 0.454 e. The Morgan fingerprint density at radius 3 is 2.92 bits per heavy atom. The first-order chi connectivity index (χ1) is 12.3. The Labute approximate surface area is 145 Å². The van der Waals surface area contributed by atoms with Gasteiger partial charge in [-0.1, -0.05) is 6.07 Å². The minimum atomic E-state index is -0.0621. The lowest BCUT2D eigenvalue weighted by molar-refractivity contribution is -0.0818. The van der Waals surface area contributed by atoms with Gasteiger partial charge >= 0.3 is 0 Å². The van der Waals surface area contributed by atoms with Gasteiger partial charge in [0.2, 0.25) is 18.6 Å². The third-order valence-electron chi connectivity index (χ3n) is 5.30. The summed E-state index contributed by atoms with van der Waals surface area (Å²) in [5, 5.41) is 8.04. The Bertz CT molecular complexity index is 777. The van der Waals surface area contributed by atoms with Gasteiger partial charge in [0.05, 0.1) is 6.10 Å². The number of rotatable bonds is 3. The fraction of sp³-hybridized carbons (Fsp3) is 0.556. The Morgan fingerprint density at radius 1 is 1.12 bits per heavy atom. The normalized spacial score (nSPS) is 28.3. The number of fused-ring (bicyclic) bond motifs is 2. The molecule has 2 saturated heterocycles. The molecule has 1 aromatic carbocycles. The third-order valence-corrected chi connectivity index (χ3v) is 5.30. The highest BCUT2D eigenvalue weighted by Gasteiger charge is 2.41. The van der Waals surface area contributed by atoms with E-state index in [-0.39, 0.29) is 12.2 Å². The van der Waals surface area contributed by atoms with Gasteiger partial charge in [0.1, 0.15) is 6.10 Å². The second-order valence-electron chi connectivity index (χ2n) is 6.91. The number of aromatic nitrogens is 2. The minimum absolute atomic E-state index is 0.0621. The smallest absolute Gasteiger partial charge is 0.245 e. The first-order valence-electron chi connectivity index (χ1n) is 8.84. The number of aryl methyl sites for hydroxylation is 1. The third kappa shape index (κ3) is 2.77. The molecule has 7 nitrogen and oxygen atoms in total. The van der Waals surface area contributed by atoms with Crippen LogP contribution in [-0.4, -0.2) is 40.6 Å². The second kappa shape index (κ2) is 6.00. The molecule has 4 heterocycles. The average molecular weight is 343 g/mol. The molecule has 25 heavy (non-hydrogen) atoms. The van der Waals surface area contributed by atoms with Crippen LogP contribution in [0.2, 0.25) is 0 Å². The molecule has 0 radical (unpaired) electrons. The van der Waals surface area contributed by atoms with Gasteiger partial charge in [-0.15, -0.1) is 10.2 Å². The van der Waals surface area contributed by atoms with E-state index in [9.17, 15) is 0 Å². The predicted octanol–water partition coefficient (Wildman–Crippen LogP) is 2.60. The van der Waals surface area contributed by atoms with Crippen LogP contribution >= 0.6 is 0 Å². The summed E-state index contributed by atoms with van der Waals surface area (Å²) < 4.78 is 22.7. The van der Waals surface area contributed by atoms with Crippen LogP contribution < -0.4 is 9.47 Å². The zero-order valence-corrected chi connectivity index (χ0v) is 14.2. The predicted molar refractivity (Wildman–Crippen MR) is 87.3 cm³/mol. The summed E-state index contributed by atoms with van der Waals surface area (Å²) in [6.45, 7) is 4.08. The molecule has 2 aromatic rings. The monoisotopic (exact) mass is 343 g/mol. The van der Waals surface area contributed by atoms with Crippen LogP contribution in [0.25, 0.3) is 0 Å². The van der Waals surface area contributed by atoms with Crippen molar-refractivity contribution in [2.45, 2.75) is 51.0 Å². The van der Waals surface area contributed by atoms with Gasteiger partial charge in [0.15, 0.2) is 11.5 Å². The minimum Gasteiger partial charge on any atom is -0.454 e. The van der Waals surface area contributed by atoms with Gasteiger partial charge < -0.3 is 18.6 Å². The summed E-state index contributed by atoms with van der Waals surface area (Å²) in [5.41, 5.74) is 1.25. The summed E-state index contributed by atoms with van der Waals surface area (Å²) >= 11 is 0. The second-order valence-corrected chi connectivity index (χ2v) is 6.91. The topological polar surface area (TPSA) is 69.9 Å². The van der Waals surface area contributed by atoms with E-state index in [0.29, 0.717) is 24.6 Å². The van der Waals surface area contributed by atoms with Gasteiger partial charge in [-0.2, -0.15) is 0 Å². The average Bonchev–Trinajstić information content (AvgIpc) is 3.34. The van der Waals surface area contributed by atoms with Gasteiger partial charge in [0.25, 0.3) is 0 Å². The number of benzene rings is 1. The number of likely N-dealkylation sites (tertiary alicyclic amines) is 1. The molecule has 0 unspecified atom stereocenters. The van der Waals surface area contributed by atoms with E-state index in [1.165, 1.54) is 5.56 Å². The fourth-order valence-electron chi connectivity index (χ4n) is 4.11. The van der Waals surface area contributed by atoms with Crippen molar-refractivity contribution in [2.75, 3.05) is 13.3 Å². The lowest BCUT2D eigenvalue weighted by atomic mass is 9.98. The fourth-order valence-corrected chi connectivity index (χ4v) is 4.11. The van der Waals surface area contributed by atoms with E-state index < -0.39 is 0 Å². The highest BCUT2D eigenvalue weighted by atomic mass is 16.7. The summed E-state index contributed by atoms with van der Waals surface area (Å²) in [6.07, 6.45) is 3.22. The molecule has 2 fully saturated rings. The molecule has 0 aliphatic carbocycles. The van der Waals surface area contributed by atoms with Crippen molar-refractivity contribution in [1.29, 1.82) is 0 Å². The number of hydrogen-bond acceptors (Lipinski definition) is 7. The van der Waals surface area contributed by atoms with Crippen molar-refractivity contribution in [1.82, 2.24) is 15.1 Å². The molecule has 3 atom stereocenters. The van der Waals surface area contributed by atoms with Gasteiger partial charge in [0, 0.05) is 26.1 Å². The Kier molecular flexibility index (Phi) is 3.64. The molecule has 3 aliphatic heterocycles. The Balaban J connectivity index is 1.26. The molecule has 132 valence electrons. The molecule has 1 aromatic heterocycles. The quantitative estimate of drug-likeness (QED) is 0.848. The zero-order valence-electron chi connectivity index (χ0n) is 14.2. The van der Waals surface area contributed by atoms with E-state index in [1.807, 2.05) is 13.0 Å². The Hall–Kier alpha value is -2.12. The van der Waals surface area contributed by atoms with Gasteiger partial charge in [-0.3, -0.25) is 4.90 Å². The van der Waals surface area contributed by atoms with E-state index in [2.05, 4.69) is 27.2 Å². The number of hydrogen-bond donors (Lipinski definition) is 0. The van der Waals surface area contributed by atoms with Crippen molar-refractivity contribution < 1.29 is 18.6 Å². The summed E-state index contributed by atoms with van der Waals surface area (Å²) in [5.74, 6) is 2.89. The molecule has 0 saturated carbocycles. The van der Waals surface area contributed by atoms with Crippen molar-refractivity contribution in [3.63, 3.8) is 0 Å². The first-order valence-corrected chi connectivity index (χ1v) is 8.84. The molecule has 0 bridgehead atoms. The molecular formula is C18H21N3O4. The molecule has 0 spiro atoms. The van der Waals surface area contributed by atoms with E-state index in [0.717, 1.165) is 43.9 Å². The standard InChI is InChI=1S/C18H21N3O4/c1-11-19-20-18(24-11)16-5-3-13-14(25-16)6-7-21(13)9-12-2-4-15-17(8-12)23-10-22-15/h2,4,8,13-14,16H,3,5-7,9-10H2,1H3/t13-,14-,16+/m1/s1. The van der Waals surface area contributed by atoms with Crippen LogP contribution in [0, 0.1) is 6.92 Å². The van der Waals surface area contributed by atoms with E-state index in [4.69, 9.17) is 18.6 Å². The maximum atomic E-state index is 6.27. The maximum Gasteiger partial charge on any atom is 0.245 e. The van der Waals surface area contributed by atoms with Crippen molar-refractivity contribution >= 4 is 0 Å². The van der Waals surface area contributed by atoms with Gasteiger partial charge in [-0.25, -0.2) is 0 Å². The van der Waals surface area contributed by atoms with Crippen molar-refractivity contribution in [3.8, 4) is 11.5 Å².